The van der Waals surface area contributed by atoms with E-state index in [4.69, 9.17) is 4.42 Å². The number of carbonyl (C=O) groups is 1. The molecule has 0 aliphatic rings. The monoisotopic (exact) mass is 238 g/mol. The van der Waals surface area contributed by atoms with Crippen LogP contribution in [0.4, 0.5) is 0 Å². The first kappa shape index (κ1) is 13.8. The van der Waals surface area contributed by atoms with Gasteiger partial charge in [0.2, 0.25) is 5.91 Å². The number of nitrogens with one attached hydrogen (secondary N) is 1. The van der Waals surface area contributed by atoms with Crippen molar-refractivity contribution in [1.29, 1.82) is 0 Å². The molecule has 0 aromatic carbocycles. The topological polar surface area (TPSA) is 45.5 Å². The fourth-order valence-electron chi connectivity index (χ4n) is 1.58. The first-order valence-electron chi connectivity index (χ1n) is 6.01. The molecule has 1 aromatic heterocycles. The molecule has 17 heavy (non-hydrogen) atoms. The minimum Gasteiger partial charge on any atom is -0.469 e. The molecule has 0 fully saturated rings. The fourth-order valence-corrected chi connectivity index (χ4v) is 1.58. The molecule has 4 heteroatoms. The quantitative estimate of drug-likeness (QED) is 0.823. The summed E-state index contributed by atoms with van der Waals surface area (Å²) in [7, 11) is 1.82. The molecule has 0 bridgehead atoms. The minimum atomic E-state index is 0.152. The molecule has 0 aliphatic carbocycles. The molecule has 0 atom stereocenters. The second kappa shape index (κ2) is 6.45. The molecule has 0 radical (unpaired) electrons. The molecule has 0 saturated carbocycles. The third-order valence-electron chi connectivity index (χ3n) is 2.69. The summed E-state index contributed by atoms with van der Waals surface area (Å²) in [5.74, 6) is 1.03. The van der Waals surface area contributed by atoms with E-state index >= 15 is 0 Å². The van der Waals surface area contributed by atoms with Crippen LogP contribution >= 0.6 is 0 Å². The molecule has 1 aromatic rings. The predicted molar refractivity (Wildman–Crippen MR) is 67.7 cm³/mol. The minimum absolute atomic E-state index is 0.152. The molecule has 1 heterocycles. The number of aryl methyl sites for hydroxylation is 1. The molecule has 0 unspecified atom stereocenters. The summed E-state index contributed by atoms with van der Waals surface area (Å²) in [6.45, 7) is 7.40. The normalized spacial score (nSPS) is 10.9. The number of hydrogen-bond acceptors (Lipinski definition) is 3. The third-order valence-corrected chi connectivity index (χ3v) is 2.69. The van der Waals surface area contributed by atoms with E-state index in [1.165, 1.54) is 0 Å². The average Bonchev–Trinajstić information content (AvgIpc) is 2.63. The van der Waals surface area contributed by atoms with Crippen molar-refractivity contribution in [1.82, 2.24) is 10.2 Å². The van der Waals surface area contributed by atoms with E-state index in [1.54, 1.807) is 11.2 Å². The Morgan fingerprint density at radius 2 is 2.24 bits per heavy atom. The van der Waals surface area contributed by atoms with E-state index in [-0.39, 0.29) is 5.91 Å². The molecule has 0 aliphatic heterocycles. The summed E-state index contributed by atoms with van der Waals surface area (Å²) < 4.78 is 5.21. The first-order chi connectivity index (χ1) is 8.00. The maximum Gasteiger partial charge on any atom is 0.223 e. The van der Waals surface area contributed by atoms with Gasteiger partial charge in [0, 0.05) is 38.2 Å². The lowest BCUT2D eigenvalue weighted by Crippen LogP contribution is -2.31. The molecule has 96 valence electrons. The van der Waals surface area contributed by atoms with Gasteiger partial charge >= 0.3 is 0 Å². The van der Waals surface area contributed by atoms with Gasteiger partial charge in [-0.1, -0.05) is 13.8 Å². The van der Waals surface area contributed by atoms with Crippen LogP contribution in [0.15, 0.2) is 16.7 Å². The summed E-state index contributed by atoms with van der Waals surface area (Å²) in [6, 6.07) is 2.33. The van der Waals surface area contributed by atoms with Gasteiger partial charge in [0.25, 0.3) is 0 Å². The lowest BCUT2D eigenvalue weighted by atomic mass is 10.2. The summed E-state index contributed by atoms with van der Waals surface area (Å²) in [4.78, 5) is 13.6. The van der Waals surface area contributed by atoms with Crippen LogP contribution in [0.3, 0.4) is 0 Å². The van der Waals surface area contributed by atoms with E-state index in [2.05, 4.69) is 19.2 Å². The van der Waals surface area contributed by atoms with Crippen LogP contribution < -0.4 is 5.32 Å². The molecule has 1 amide bonds. The third kappa shape index (κ3) is 4.61. The van der Waals surface area contributed by atoms with Crippen molar-refractivity contribution in [3.05, 3.63) is 23.7 Å². The first-order valence-corrected chi connectivity index (χ1v) is 6.01. The van der Waals surface area contributed by atoms with Crippen molar-refractivity contribution < 1.29 is 9.21 Å². The van der Waals surface area contributed by atoms with Crippen molar-refractivity contribution in [3.8, 4) is 0 Å². The number of furan rings is 1. The van der Waals surface area contributed by atoms with Gasteiger partial charge < -0.3 is 14.6 Å². The highest BCUT2D eigenvalue weighted by Crippen LogP contribution is 2.11. The van der Waals surface area contributed by atoms with Crippen LogP contribution in [-0.4, -0.2) is 30.4 Å². The zero-order valence-corrected chi connectivity index (χ0v) is 11.1. The SMILES string of the molecule is Cc1occc1CN(C)C(=O)CCNC(C)C. The van der Waals surface area contributed by atoms with Gasteiger partial charge in [0.05, 0.1) is 6.26 Å². The number of rotatable bonds is 6. The van der Waals surface area contributed by atoms with Gasteiger partial charge in [-0.3, -0.25) is 4.79 Å². The second-order valence-corrected chi connectivity index (χ2v) is 4.61. The average molecular weight is 238 g/mol. The molecular formula is C13H22N2O2. The van der Waals surface area contributed by atoms with Crippen LogP contribution in [0, 0.1) is 6.92 Å². The Morgan fingerprint density at radius 1 is 1.53 bits per heavy atom. The maximum absolute atomic E-state index is 11.8. The highest BCUT2D eigenvalue weighted by Gasteiger charge is 2.11. The lowest BCUT2D eigenvalue weighted by Gasteiger charge is -2.17. The number of hydrogen-bond donors (Lipinski definition) is 1. The maximum atomic E-state index is 11.8. The van der Waals surface area contributed by atoms with Crippen molar-refractivity contribution in [3.63, 3.8) is 0 Å². The summed E-state index contributed by atoms with van der Waals surface area (Å²) in [5, 5.41) is 3.24. The summed E-state index contributed by atoms with van der Waals surface area (Å²) in [6.07, 6.45) is 2.19. The molecule has 4 nitrogen and oxygen atoms in total. The molecule has 0 saturated heterocycles. The predicted octanol–water partition coefficient (Wildman–Crippen LogP) is 1.93. The lowest BCUT2D eigenvalue weighted by molar-refractivity contribution is -0.130. The van der Waals surface area contributed by atoms with Crippen LogP contribution in [0.1, 0.15) is 31.6 Å². The molecule has 1 N–H and O–H groups in total. The Balaban J connectivity index is 2.35. The Hall–Kier alpha value is -1.29. The smallest absolute Gasteiger partial charge is 0.223 e. The van der Waals surface area contributed by atoms with Crippen LogP contribution in [0.5, 0.6) is 0 Å². The summed E-state index contributed by atoms with van der Waals surface area (Å²) >= 11 is 0. The second-order valence-electron chi connectivity index (χ2n) is 4.61. The number of nitrogens with zero attached hydrogens (tertiary/aromatic N) is 1. The van der Waals surface area contributed by atoms with Gasteiger partial charge in [0.1, 0.15) is 5.76 Å². The van der Waals surface area contributed by atoms with Crippen molar-refractivity contribution in [2.24, 2.45) is 0 Å². The highest BCUT2D eigenvalue weighted by atomic mass is 16.3. The summed E-state index contributed by atoms with van der Waals surface area (Å²) in [5.41, 5.74) is 1.07. The Bertz CT molecular complexity index is 358. The van der Waals surface area contributed by atoms with E-state index in [0.29, 0.717) is 19.0 Å². The van der Waals surface area contributed by atoms with Gasteiger partial charge in [-0.25, -0.2) is 0 Å². The Morgan fingerprint density at radius 3 is 2.76 bits per heavy atom. The van der Waals surface area contributed by atoms with Crippen LogP contribution in [-0.2, 0) is 11.3 Å². The standard InChI is InChI=1S/C13H22N2O2/c1-10(2)14-7-5-13(16)15(4)9-12-6-8-17-11(12)3/h6,8,10,14H,5,7,9H2,1-4H3. The largest absolute Gasteiger partial charge is 0.469 e. The zero-order valence-electron chi connectivity index (χ0n) is 11.1. The Labute approximate surface area is 103 Å². The molecular weight excluding hydrogens is 216 g/mol. The van der Waals surface area contributed by atoms with Crippen molar-refractivity contribution >= 4 is 5.91 Å². The highest BCUT2D eigenvalue weighted by molar-refractivity contribution is 5.76. The van der Waals surface area contributed by atoms with E-state index in [1.807, 2.05) is 20.0 Å². The van der Waals surface area contributed by atoms with E-state index in [0.717, 1.165) is 17.9 Å². The molecule has 0 spiro atoms. The van der Waals surface area contributed by atoms with Gasteiger partial charge in [-0.2, -0.15) is 0 Å². The van der Waals surface area contributed by atoms with Gasteiger partial charge in [-0.05, 0) is 13.0 Å². The number of carbonyl (C=O) groups excluding carboxylic acids is 1. The Kier molecular flexibility index (Phi) is 5.22. The zero-order chi connectivity index (χ0) is 12.8. The van der Waals surface area contributed by atoms with Gasteiger partial charge in [-0.15, -0.1) is 0 Å². The fraction of sp³-hybridized carbons (Fsp3) is 0.615. The molecule has 1 rings (SSSR count). The van der Waals surface area contributed by atoms with Crippen molar-refractivity contribution in [2.45, 2.75) is 39.8 Å². The van der Waals surface area contributed by atoms with Gasteiger partial charge in [0.15, 0.2) is 0 Å². The van der Waals surface area contributed by atoms with E-state index < -0.39 is 0 Å². The number of amides is 1. The van der Waals surface area contributed by atoms with E-state index in [9.17, 15) is 4.79 Å². The van der Waals surface area contributed by atoms with Crippen LogP contribution in [0.25, 0.3) is 0 Å². The van der Waals surface area contributed by atoms with Crippen LogP contribution in [0.2, 0.25) is 0 Å². The van der Waals surface area contributed by atoms with Crippen molar-refractivity contribution in [2.75, 3.05) is 13.6 Å².